The Kier molecular flexibility index (Phi) is 3.78. The van der Waals surface area contributed by atoms with E-state index in [2.05, 4.69) is 14.5 Å². The lowest BCUT2D eigenvalue weighted by atomic mass is 10.3. The van der Waals surface area contributed by atoms with Gasteiger partial charge in [0.1, 0.15) is 5.75 Å². The molecule has 5 nitrogen and oxygen atoms in total. The number of imidazole rings is 1. The molecule has 0 bridgehead atoms. The first-order chi connectivity index (χ1) is 9.78. The number of nitrogens with zero attached hydrogens (tertiary/aromatic N) is 3. The third kappa shape index (κ3) is 2.58. The number of aromatic nitrogens is 2. The van der Waals surface area contributed by atoms with Gasteiger partial charge in [0.25, 0.3) is 0 Å². The molecule has 1 aromatic carbocycles. The molecule has 1 aromatic heterocycles. The van der Waals surface area contributed by atoms with Crippen molar-refractivity contribution in [3.05, 3.63) is 18.2 Å². The van der Waals surface area contributed by atoms with Crippen molar-refractivity contribution in [3.63, 3.8) is 0 Å². The Morgan fingerprint density at radius 1 is 1.25 bits per heavy atom. The van der Waals surface area contributed by atoms with Gasteiger partial charge in [0, 0.05) is 12.6 Å². The van der Waals surface area contributed by atoms with E-state index < -0.39 is 0 Å². The number of fused-ring (bicyclic) bond motifs is 1. The maximum atomic E-state index is 6.04. The predicted molar refractivity (Wildman–Crippen MR) is 81.0 cm³/mol. The Morgan fingerprint density at radius 2 is 2.05 bits per heavy atom. The highest BCUT2D eigenvalue weighted by molar-refractivity contribution is 5.79. The molecule has 0 atom stereocenters. The standard InChI is InChI=1S/C15H22N4O/c1-20-12-5-6-14-13(11-12)17-15(16)19(14)10-4-9-18-7-2-3-8-18/h5-6,11H,2-4,7-10H2,1H3,(H2,16,17). The molecule has 0 unspecified atom stereocenters. The van der Waals surface area contributed by atoms with Crippen LogP contribution in [-0.4, -0.2) is 41.2 Å². The van der Waals surface area contributed by atoms with Crippen LogP contribution in [0.2, 0.25) is 0 Å². The SMILES string of the molecule is COc1ccc2c(c1)nc(N)n2CCCN1CCCC1. The highest BCUT2D eigenvalue weighted by Crippen LogP contribution is 2.23. The number of nitrogen functional groups attached to an aromatic ring is 1. The van der Waals surface area contributed by atoms with Crippen LogP contribution < -0.4 is 10.5 Å². The highest BCUT2D eigenvalue weighted by Gasteiger charge is 2.12. The molecular weight excluding hydrogens is 252 g/mol. The Hall–Kier alpha value is -1.75. The normalized spacial score (nSPS) is 16.1. The molecule has 20 heavy (non-hydrogen) atoms. The second-order valence-corrected chi connectivity index (χ2v) is 5.38. The van der Waals surface area contributed by atoms with Crippen LogP contribution in [0.1, 0.15) is 19.3 Å². The van der Waals surface area contributed by atoms with Crippen LogP contribution in [0.15, 0.2) is 18.2 Å². The number of ether oxygens (including phenoxy) is 1. The van der Waals surface area contributed by atoms with E-state index in [4.69, 9.17) is 10.5 Å². The summed E-state index contributed by atoms with van der Waals surface area (Å²) in [6.45, 7) is 4.56. The molecule has 1 aliphatic rings. The predicted octanol–water partition coefficient (Wildman–Crippen LogP) is 2.11. The van der Waals surface area contributed by atoms with Crippen LogP contribution in [0.5, 0.6) is 5.75 Å². The van der Waals surface area contributed by atoms with Gasteiger partial charge in [0.2, 0.25) is 5.95 Å². The van der Waals surface area contributed by atoms with Gasteiger partial charge in [-0.2, -0.15) is 0 Å². The van der Waals surface area contributed by atoms with Crippen molar-refractivity contribution in [1.29, 1.82) is 0 Å². The molecule has 3 rings (SSSR count). The number of nitrogens with two attached hydrogens (primary N) is 1. The number of anilines is 1. The molecule has 108 valence electrons. The first-order valence-corrected chi connectivity index (χ1v) is 7.30. The average Bonchev–Trinajstić information content (AvgIpc) is 3.06. The fourth-order valence-electron chi connectivity index (χ4n) is 2.95. The summed E-state index contributed by atoms with van der Waals surface area (Å²) in [6.07, 6.45) is 3.80. The van der Waals surface area contributed by atoms with Gasteiger partial charge >= 0.3 is 0 Å². The molecule has 2 aromatic rings. The Labute approximate surface area is 119 Å². The zero-order valence-corrected chi connectivity index (χ0v) is 12.0. The number of methoxy groups -OCH3 is 1. The third-order valence-corrected chi connectivity index (χ3v) is 4.04. The smallest absolute Gasteiger partial charge is 0.201 e. The Morgan fingerprint density at radius 3 is 2.80 bits per heavy atom. The number of rotatable bonds is 5. The quantitative estimate of drug-likeness (QED) is 0.907. The minimum atomic E-state index is 0.592. The molecule has 2 N–H and O–H groups in total. The van der Waals surface area contributed by atoms with Gasteiger partial charge in [-0.15, -0.1) is 0 Å². The molecular formula is C15H22N4O. The van der Waals surface area contributed by atoms with E-state index in [9.17, 15) is 0 Å². The van der Waals surface area contributed by atoms with E-state index in [0.717, 1.165) is 36.3 Å². The van der Waals surface area contributed by atoms with Crippen molar-refractivity contribution in [1.82, 2.24) is 14.5 Å². The summed E-state index contributed by atoms with van der Waals surface area (Å²) >= 11 is 0. The van der Waals surface area contributed by atoms with Gasteiger partial charge in [-0.3, -0.25) is 0 Å². The van der Waals surface area contributed by atoms with Gasteiger partial charge in [-0.1, -0.05) is 0 Å². The lowest BCUT2D eigenvalue weighted by Gasteiger charge is -2.14. The van der Waals surface area contributed by atoms with E-state index >= 15 is 0 Å². The van der Waals surface area contributed by atoms with E-state index in [1.165, 1.54) is 25.9 Å². The molecule has 1 fully saturated rings. The van der Waals surface area contributed by atoms with Gasteiger partial charge < -0.3 is 19.9 Å². The molecule has 0 amide bonds. The van der Waals surface area contributed by atoms with Gasteiger partial charge in [0.05, 0.1) is 18.1 Å². The lowest BCUT2D eigenvalue weighted by molar-refractivity contribution is 0.326. The topological polar surface area (TPSA) is 56.3 Å². The van der Waals surface area contributed by atoms with Gasteiger partial charge in [-0.05, 0) is 51.0 Å². The summed E-state index contributed by atoms with van der Waals surface area (Å²) in [5.74, 6) is 1.41. The molecule has 5 heteroatoms. The molecule has 0 saturated carbocycles. The molecule has 1 aliphatic heterocycles. The molecule has 0 spiro atoms. The summed E-state index contributed by atoms with van der Waals surface area (Å²) < 4.78 is 7.33. The number of hydrogen-bond donors (Lipinski definition) is 1. The number of benzene rings is 1. The summed E-state index contributed by atoms with van der Waals surface area (Å²) in [5, 5.41) is 0. The molecule has 0 aliphatic carbocycles. The van der Waals surface area contributed by atoms with Crippen LogP contribution in [-0.2, 0) is 6.54 Å². The van der Waals surface area contributed by atoms with Crippen LogP contribution >= 0.6 is 0 Å². The van der Waals surface area contributed by atoms with E-state index in [0.29, 0.717) is 5.95 Å². The number of aryl methyl sites for hydroxylation is 1. The van der Waals surface area contributed by atoms with Crippen molar-refractivity contribution >= 4 is 17.0 Å². The van der Waals surface area contributed by atoms with Crippen LogP contribution in [0, 0.1) is 0 Å². The Bertz CT molecular complexity index is 587. The zero-order valence-electron chi connectivity index (χ0n) is 12.0. The summed E-state index contributed by atoms with van der Waals surface area (Å²) in [6, 6.07) is 5.93. The van der Waals surface area contributed by atoms with Crippen molar-refractivity contribution in [2.24, 2.45) is 0 Å². The van der Waals surface area contributed by atoms with Crippen molar-refractivity contribution in [3.8, 4) is 5.75 Å². The molecule has 0 radical (unpaired) electrons. The fraction of sp³-hybridized carbons (Fsp3) is 0.533. The largest absolute Gasteiger partial charge is 0.497 e. The second kappa shape index (κ2) is 5.71. The first-order valence-electron chi connectivity index (χ1n) is 7.30. The van der Waals surface area contributed by atoms with Crippen molar-refractivity contribution < 1.29 is 4.74 Å². The maximum absolute atomic E-state index is 6.04. The second-order valence-electron chi connectivity index (χ2n) is 5.38. The van der Waals surface area contributed by atoms with E-state index in [1.54, 1.807) is 7.11 Å². The number of likely N-dealkylation sites (tertiary alicyclic amines) is 1. The molecule has 1 saturated heterocycles. The van der Waals surface area contributed by atoms with Crippen LogP contribution in [0.25, 0.3) is 11.0 Å². The Balaban J connectivity index is 1.71. The lowest BCUT2D eigenvalue weighted by Crippen LogP contribution is -2.21. The minimum absolute atomic E-state index is 0.592. The van der Waals surface area contributed by atoms with E-state index in [1.807, 2.05) is 18.2 Å². The van der Waals surface area contributed by atoms with Crippen LogP contribution in [0.4, 0.5) is 5.95 Å². The van der Waals surface area contributed by atoms with Crippen molar-refractivity contribution in [2.75, 3.05) is 32.5 Å². The summed E-state index contributed by atoms with van der Waals surface area (Å²) in [4.78, 5) is 6.95. The monoisotopic (exact) mass is 274 g/mol. The van der Waals surface area contributed by atoms with Gasteiger partial charge in [0.15, 0.2) is 0 Å². The summed E-state index contributed by atoms with van der Waals surface area (Å²) in [7, 11) is 1.66. The average molecular weight is 274 g/mol. The van der Waals surface area contributed by atoms with Gasteiger partial charge in [-0.25, -0.2) is 4.98 Å². The highest BCUT2D eigenvalue weighted by atomic mass is 16.5. The number of hydrogen-bond acceptors (Lipinski definition) is 4. The van der Waals surface area contributed by atoms with E-state index in [-0.39, 0.29) is 0 Å². The zero-order chi connectivity index (χ0) is 13.9. The maximum Gasteiger partial charge on any atom is 0.201 e. The molecule has 2 heterocycles. The summed E-state index contributed by atoms with van der Waals surface area (Å²) in [5.41, 5.74) is 8.03. The fourth-order valence-corrected chi connectivity index (χ4v) is 2.95. The third-order valence-electron chi connectivity index (χ3n) is 4.04. The first kappa shape index (κ1) is 13.2. The van der Waals surface area contributed by atoms with Crippen LogP contribution in [0.3, 0.4) is 0 Å². The minimum Gasteiger partial charge on any atom is -0.497 e. The van der Waals surface area contributed by atoms with Crippen molar-refractivity contribution in [2.45, 2.75) is 25.8 Å².